The van der Waals surface area contributed by atoms with E-state index in [4.69, 9.17) is 58.0 Å². The van der Waals surface area contributed by atoms with Crippen LogP contribution in [0.15, 0.2) is 36.4 Å². The Morgan fingerprint density at radius 3 is 1.38 bits per heavy atom. The van der Waals surface area contributed by atoms with Gasteiger partial charge in [-0.15, -0.1) is 11.6 Å². The van der Waals surface area contributed by atoms with Gasteiger partial charge in [0.15, 0.2) is 0 Å². The number of halogens is 5. The molecule has 0 bridgehead atoms. The molecule has 0 fully saturated rings. The van der Waals surface area contributed by atoms with Crippen LogP contribution in [0.1, 0.15) is 6.42 Å². The predicted octanol–water partition coefficient (Wildman–Crippen LogP) is 6.12. The van der Waals surface area contributed by atoms with Crippen molar-refractivity contribution in [1.29, 1.82) is 0 Å². The summed E-state index contributed by atoms with van der Waals surface area (Å²) in [5, 5.41) is 6.68. The second-order valence-corrected chi connectivity index (χ2v) is 7.45. The highest BCUT2D eigenvalue weighted by atomic mass is 35.5. The Hall–Kier alpha value is -1.17. The van der Waals surface area contributed by atoms with Crippen LogP contribution in [-0.4, -0.2) is 17.7 Å². The van der Waals surface area contributed by atoms with Gasteiger partial charge in [0, 0.05) is 37.3 Å². The average molecular weight is 455 g/mol. The lowest BCUT2D eigenvalue weighted by Crippen LogP contribution is -2.34. The third-order valence-electron chi connectivity index (χ3n) is 3.29. The van der Waals surface area contributed by atoms with Gasteiger partial charge < -0.3 is 10.6 Å². The SMILES string of the molecule is O=C(Nc1cc(Cl)cc(Cl)c1)C(CCCl)C(=O)Nc1cc(Cl)cc(Cl)c1. The summed E-state index contributed by atoms with van der Waals surface area (Å²) in [4.78, 5) is 25.0. The van der Waals surface area contributed by atoms with Gasteiger partial charge in [0.1, 0.15) is 5.92 Å². The van der Waals surface area contributed by atoms with Crippen LogP contribution in [0.3, 0.4) is 0 Å². The molecule has 0 radical (unpaired) electrons. The van der Waals surface area contributed by atoms with Gasteiger partial charge >= 0.3 is 0 Å². The summed E-state index contributed by atoms with van der Waals surface area (Å²) in [5.41, 5.74) is 0.761. The summed E-state index contributed by atoms with van der Waals surface area (Å²) < 4.78 is 0. The van der Waals surface area contributed by atoms with Gasteiger partial charge in [-0.3, -0.25) is 9.59 Å². The largest absolute Gasteiger partial charge is 0.325 e. The first kappa shape index (κ1) is 21.1. The Balaban J connectivity index is 2.15. The first-order chi connectivity index (χ1) is 12.3. The van der Waals surface area contributed by atoms with E-state index in [1.807, 2.05) is 0 Å². The van der Waals surface area contributed by atoms with E-state index in [0.717, 1.165) is 0 Å². The van der Waals surface area contributed by atoms with Gasteiger partial charge in [0.2, 0.25) is 11.8 Å². The average Bonchev–Trinajstić information content (AvgIpc) is 2.50. The molecule has 0 spiro atoms. The molecule has 26 heavy (non-hydrogen) atoms. The van der Waals surface area contributed by atoms with Crippen molar-refractivity contribution < 1.29 is 9.59 Å². The Bertz CT molecular complexity index is 723. The molecule has 2 N–H and O–H groups in total. The van der Waals surface area contributed by atoms with Crippen LogP contribution in [0.25, 0.3) is 0 Å². The minimum atomic E-state index is -1.02. The molecule has 2 amide bonds. The zero-order valence-corrected chi connectivity index (χ0v) is 16.9. The van der Waals surface area contributed by atoms with Crippen molar-refractivity contribution in [2.75, 3.05) is 16.5 Å². The first-order valence-electron chi connectivity index (χ1n) is 7.38. The zero-order valence-electron chi connectivity index (χ0n) is 13.2. The van der Waals surface area contributed by atoms with E-state index in [1.54, 1.807) is 0 Å². The van der Waals surface area contributed by atoms with Gasteiger partial charge in [0.25, 0.3) is 0 Å². The Morgan fingerprint density at radius 1 is 0.731 bits per heavy atom. The van der Waals surface area contributed by atoms with Crippen molar-refractivity contribution in [3.63, 3.8) is 0 Å². The molecular weight excluding hydrogens is 441 g/mol. The fraction of sp³-hybridized carbons (Fsp3) is 0.176. The zero-order chi connectivity index (χ0) is 19.3. The van der Waals surface area contributed by atoms with E-state index < -0.39 is 17.7 Å². The third-order valence-corrected chi connectivity index (χ3v) is 4.38. The maximum absolute atomic E-state index is 12.5. The minimum absolute atomic E-state index is 0.123. The van der Waals surface area contributed by atoms with Crippen molar-refractivity contribution in [2.24, 2.45) is 5.92 Å². The van der Waals surface area contributed by atoms with Gasteiger partial charge in [-0.05, 0) is 42.8 Å². The number of nitrogens with one attached hydrogen (secondary N) is 2. The molecule has 2 aromatic rings. The van der Waals surface area contributed by atoms with Gasteiger partial charge in [0.05, 0.1) is 0 Å². The molecular formula is C17H13Cl5N2O2. The number of carbonyl (C=O) groups excluding carboxylic acids is 2. The number of alkyl halides is 1. The number of amides is 2. The molecule has 0 heterocycles. The van der Waals surface area contributed by atoms with Gasteiger partial charge in [-0.1, -0.05) is 46.4 Å². The van der Waals surface area contributed by atoms with E-state index in [0.29, 0.717) is 31.5 Å². The summed E-state index contributed by atoms with van der Waals surface area (Å²) >= 11 is 29.4. The van der Waals surface area contributed by atoms with E-state index in [1.165, 1.54) is 36.4 Å². The standard InChI is InChI=1S/C17H13Cl5N2O2/c18-2-1-15(16(25)23-13-5-9(19)3-10(20)6-13)17(26)24-14-7-11(21)4-12(22)8-14/h3-8,15H,1-2H2,(H,23,25)(H,24,26). The fourth-order valence-electron chi connectivity index (χ4n) is 2.20. The second-order valence-electron chi connectivity index (χ2n) is 5.32. The van der Waals surface area contributed by atoms with Crippen LogP contribution in [0.2, 0.25) is 20.1 Å². The number of rotatable bonds is 6. The number of hydrogen-bond donors (Lipinski definition) is 2. The number of anilines is 2. The summed E-state index contributed by atoms with van der Waals surface area (Å²) in [6, 6.07) is 9.17. The summed E-state index contributed by atoms with van der Waals surface area (Å²) in [6.45, 7) is 0. The smallest absolute Gasteiger partial charge is 0.237 e. The number of hydrogen-bond acceptors (Lipinski definition) is 2. The first-order valence-corrected chi connectivity index (χ1v) is 9.43. The summed E-state index contributed by atoms with van der Waals surface area (Å²) in [6.07, 6.45) is 0.141. The summed E-state index contributed by atoms with van der Waals surface area (Å²) in [7, 11) is 0. The number of carbonyl (C=O) groups is 2. The number of benzene rings is 2. The van der Waals surface area contributed by atoms with Crippen LogP contribution < -0.4 is 10.6 Å². The van der Waals surface area contributed by atoms with Gasteiger partial charge in [-0.2, -0.15) is 0 Å². The van der Waals surface area contributed by atoms with Gasteiger partial charge in [-0.25, -0.2) is 0 Å². The second kappa shape index (κ2) is 9.67. The van der Waals surface area contributed by atoms with Crippen LogP contribution in [0.5, 0.6) is 0 Å². The maximum Gasteiger partial charge on any atom is 0.237 e. The molecule has 0 atom stereocenters. The quantitative estimate of drug-likeness (QED) is 0.408. The Kier molecular flexibility index (Phi) is 7.86. The molecule has 2 aromatic carbocycles. The lowest BCUT2D eigenvalue weighted by molar-refractivity contribution is -0.129. The minimum Gasteiger partial charge on any atom is -0.325 e. The highest BCUT2D eigenvalue weighted by molar-refractivity contribution is 6.35. The van der Waals surface area contributed by atoms with Crippen LogP contribution in [-0.2, 0) is 9.59 Å². The predicted molar refractivity (Wildman–Crippen MR) is 109 cm³/mol. The van der Waals surface area contributed by atoms with E-state index in [2.05, 4.69) is 10.6 Å². The van der Waals surface area contributed by atoms with E-state index in [9.17, 15) is 9.59 Å². The molecule has 2 rings (SSSR count). The van der Waals surface area contributed by atoms with Crippen molar-refractivity contribution in [2.45, 2.75) is 6.42 Å². The molecule has 138 valence electrons. The molecule has 0 aliphatic heterocycles. The molecule has 0 aliphatic rings. The highest BCUT2D eigenvalue weighted by Crippen LogP contribution is 2.25. The fourth-order valence-corrected chi connectivity index (χ4v) is 3.47. The highest BCUT2D eigenvalue weighted by Gasteiger charge is 2.26. The Labute approximate surface area is 175 Å². The third kappa shape index (κ3) is 6.22. The maximum atomic E-state index is 12.5. The van der Waals surface area contributed by atoms with Crippen LogP contribution >= 0.6 is 58.0 Å². The van der Waals surface area contributed by atoms with Crippen LogP contribution in [0.4, 0.5) is 11.4 Å². The Morgan fingerprint density at radius 2 is 1.08 bits per heavy atom. The van der Waals surface area contributed by atoms with E-state index in [-0.39, 0.29) is 12.3 Å². The lowest BCUT2D eigenvalue weighted by atomic mass is 10.0. The molecule has 4 nitrogen and oxygen atoms in total. The normalized spacial score (nSPS) is 10.7. The molecule has 0 saturated heterocycles. The van der Waals surface area contributed by atoms with Crippen molar-refractivity contribution in [3.05, 3.63) is 56.5 Å². The van der Waals surface area contributed by atoms with Crippen LogP contribution in [0, 0.1) is 5.92 Å². The molecule has 0 unspecified atom stereocenters. The van der Waals surface area contributed by atoms with Crippen molar-refractivity contribution in [1.82, 2.24) is 0 Å². The van der Waals surface area contributed by atoms with Crippen molar-refractivity contribution in [3.8, 4) is 0 Å². The van der Waals surface area contributed by atoms with Crippen molar-refractivity contribution >= 4 is 81.2 Å². The summed E-state index contributed by atoms with van der Waals surface area (Å²) in [5.74, 6) is -1.97. The molecule has 0 aromatic heterocycles. The molecule has 0 saturated carbocycles. The monoisotopic (exact) mass is 452 g/mol. The molecule has 0 aliphatic carbocycles. The lowest BCUT2D eigenvalue weighted by Gasteiger charge is -2.16. The van der Waals surface area contributed by atoms with E-state index >= 15 is 0 Å². The topological polar surface area (TPSA) is 58.2 Å². The molecule has 9 heteroatoms.